The smallest absolute Gasteiger partial charge is 0.159 e. The second-order valence-electron chi connectivity index (χ2n) is 6.48. The lowest BCUT2D eigenvalue weighted by molar-refractivity contribution is 0.101. The van der Waals surface area contributed by atoms with Crippen LogP contribution in [-0.4, -0.2) is 21.9 Å². The summed E-state index contributed by atoms with van der Waals surface area (Å²) in [5.41, 5.74) is 0.892. The van der Waals surface area contributed by atoms with Crippen molar-refractivity contribution in [1.82, 2.24) is 0 Å². The molecule has 0 N–H and O–H groups in total. The summed E-state index contributed by atoms with van der Waals surface area (Å²) in [4.78, 5) is 11.5. The van der Waals surface area contributed by atoms with Gasteiger partial charge in [0.05, 0.1) is 16.1 Å². The van der Waals surface area contributed by atoms with Gasteiger partial charge < -0.3 is 0 Å². The number of fused-ring (bicyclic) bond motifs is 1. The van der Waals surface area contributed by atoms with E-state index >= 15 is 0 Å². The van der Waals surface area contributed by atoms with Crippen molar-refractivity contribution in [3.8, 4) is 0 Å². The molecule has 0 bridgehead atoms. The van der Waals surface area contributed by atoms with E-state index in [1.807, 2.05) is 6.07 Å². The fourth-order valence-electron chi connectivity index (χ4n) is 3.23. The van der Waals surface area contributed by atoms with E-state index in [0.717, 1.165) is 10.7 Å². The van der Waals surface area contributed by atoms with Crippen LogP contribution in [0.1, 0.15) is 24.2 Å². The molecule has 1 unspecified atom stereocenters. The number of hydrogen-bond acceptors (Lipinski definition) is 1. The van der Waals surface area contributed by atoms with Crippen LogP contribution in [0.5, 0.6) is 0 Å². The third kappa shape index (κ3) is 1.67. The third-order valence-corrected chi connectivity index (χ3v) is 17.5. The fraction of sp³-hybridized carbons (Fsp3) is 0.500. The van der Waals surface area contributed by atoms with Crippen molar-refractivity contribution in [1.29, 1.82) is 0 Å². The standard InChI is InChI=1S/C14H22OSi2/c1-10(15)12-7-8-13-14(9-12)17(5,6)11(2)16(13,3)4/h7-9,11H,1-6H3. The Labute approximate surface area is 106 Å². The van der Waals surface area contributed by atoms with Gasteiger partial charge in [-0.3, -0.25) is 4.79 Å². The van der Waals surface area contributed by atoms with Crippen LogP contribution in [0, 0.1) is 0 Å². The van der Waals surface area contributed by atoms with Crippen molar-refractivity contribution in [2.24, 2.45) is 0 Å². The number of benzene rings is 1. The molecule has 1 atom stereocenters. The maximum absolute atomic E-state index is 11.5. The van der Waals surface area contributed by atoms with Crippen molar-refractivity contribution in [3.63, 3.8) is 0 Å². The zero-order valence-electron chi connectivity index (χ0n) is 11.7. The molecule has 0 fully saturated rings. The third-order valence-electron chi connectivity index (χ3n) is 4.98. The Morgan fingerprint density at radius 1 is 1.06 bits per heavy atom. The van der Waals surface area contributed by atoms with E-state index in [1.54, 1.807) is 17.3 Å². The van der Waals surface area contributed by atoms with Crippen molar-refractivity contribution < 1.29 is 4.79 Å². The molecule has 92 valence electrons. The number of rotatable bonds is 1. The molecule has 0 aromatic heterocycles. The van der Waals surface area contributed by atoms with Crippen molar-refractivity contribution in [2.45, 2.75) is 45.2 Å². The lowest BCUT2D eigenvalue weighted by atomic mass is 10.1. The van der Waals surface area contributed by atoms with Gasteiger partial charge in [0, 0.05) is 5.56 Å². The molecule has 0 radical (unpaired) electrons. The molecule has 2 rings (SSSR count). The van der Waals surface area contributed by atoms with E-state index in [1.165, 1.54) is 0 Å². The summed E-state index contributed by atoms with van der Waals surface area (Å²) in [6.45, 7) is 14.0. The Balaban J connectivity index is 2.68. The molecule has 0 amide bonds. The first-order chi connectivity index (χ1) is 7.69. The quantitative estimate of drug-likeness (QED) is 0.562. The van der Waals surface area contributed by atoms with E-state index < -0.39 is 16.1 Å². The van der Waals surface area contributed by atoms with Gasteiger partial charge in [0.1, 0.15) is 0 Å². The Morgan fingerprint density at radius 3 is 2.12 bits per heavy atom. The molecule has 0 aliphatic carbocycles. The summed E-state index contributed by atoms with van der Waals surface area (Å²) in [6.07, 6.45) is 0. The Morgan fingerprint density at radius 2 is 1.59 bits per heavy atom. The van der Waals surface area contributed by atoms with Crippen LogP contribution in [0.4, 0.5) is 0 Å². The molecule has 1 aliphatic heterocycles. The van der Waals surface area contributed by atoms with Crippen LogP contribution in [0.15, 0.2) is 18.2 Å². The highest BCUT2D eigenvalue weighted by atomic mass is 28.4. The average molecular weight is 263 g/mol. The van der Waals surface area contributed by atoms with Crippen molar-refractivity contribution >= 4 is 32.3 Å². The van der Waals surface area contributed by atoms with E-state index in [0.29, 0.717) is 0 Å². The molecule has 3 heteroatoms. The summed E-state index contributed by atoms with van der Waals surface area (Å²) >= 11 is 0. The number of Topliss-reactive ketones (excluding diaryl/α,β-unsaturated/α-hetero) is 1. The molecule has 1 aromatic carbocycles. The summed E-state index contributed by atoms with van der Waals surface area (Å²) < 4.78 is 0. The molecular weight excluding hydrogens is 240 g/mol. The summed E-state index contributed by atoms with van der Waals surface area (Å²) in [5.74, 6) is 0.191. The van der Waals surface area contributed by atoms with Gasteiger partial charge in [-0.05, 0) is 12.1 Å². The van der Waals surface area contributed by atoms with Crippen molar-refractivity contribution in [2.75, 3.05) is 0 Å². The van der Waals surface area contributed by atoms with Crippen LogP contribution in [0.3, 0.4) is 0 Å². The second-order valence-corrected chi connectivity index (χ2v) is 16.8. The van der Waals surface area contributed by atoms with E-state index in [9.17, 15) is 4.79 Å². The van der Waals surface area contributed by atoms with Gasteiger partial charge in [0.25, 0.3) is 0 Å². The average Bonchev–Trinajstić information content (AvgIpc) is 2.38. The van der Waals surface area contributed by atoms with Gasteiger partial charge in [-0.25, -0.2) is 0 Å². The first kappa shape index (κ1) is 12.8. The zero-order chi connectivity index (χ0) is 13.0. The molecule has 1 heterocycles. The van der Waals surface area contributed by atoms with Gasteiger partial charge >= 0.3 is 0 Å². The minimum atomic E-state index is -1.37. The van der Waals surface area contributed by atoms with Gasteiger partial charge in [0.2, 0.25) is 0 Å². The van der Waals surface area contributed by atoms with Crippen LogP contribution in [0.2, 0.25) is 31.4 Å². The highest BCUT2D eigenvalue weighted by Gasteiger charge is 2.50. The second kappa shape index (κ2) is 3.66. The normalized spacial score (nSPS) is 24.5. The van der Waals surface area contributed by atoms with E-state index in [4.69, 9.17) is 0 Å². The van der Waals surface area contributed by atoms with Gasteiger partial charge in [-0.1, -0.05) is 61.7 Å². The summed E-state index contributed by atoms with van der Waals surface area (Å²) in [6, 6.07) is 6.47. The fourth-order valence-corrected chi connectivity index (χ4v) is 16.8. The maximum atomic E-state index is 11.5. The Bertz CT molecular complexity index is 489. The summed E-state index contributed by atoms with van der Waals surface area (Å²) in [7, 11) is -2.67. The monoisotopic (exact) mass is 262 g/mol. The van der Waals surface area contributed by atoms with Gasteiger partial charge in [-0.15, -0.1) is 0 Å². The highest BCUT2D eigenvalue weighted by Crippen LogP contribution is 2.36. The van der Waals surface area contributed by atoms with E-state index in [2.05, 4.69) is 45.2 Å². The lowest BCUT2D eigenvalue weighted by Crippen LogP contribution is -2.44. The Kier molecular flexibility index (Phi) is 2.75. The van der Waals surface area contributed by atoms with Crippen LogP contribution in [0.25, 0.3) is 0 Å². The van der Waals surface area contributed by atoms with Crippen LogP contribution < -0.4 is 10.4 Å². The number of carbonyl (C=O) groups is 1. The number of hydrogen-bond donors (Lipinski definition) is 0. The van der Waals surface area contributed by atoms with Crippen molar-refractivity contribution in [3.05, 3.63) is 23.8 Å². The first-order valence-corrected chi connectivity index (χ1v) is 12.5. The van der Waals surface area contributed by atoms with Crippen LogP contribution in [-0.2, 0) is 0 Å². The predicted octanol–water partition coefficient (Wildman–Crippen LogP) is 2.66. The molecule has 0 saturated carbocycles. The lowest BCUT2D eigenvalue weighted by Gasteiger charge is -2.29. The van der Waals surface area contributed by atoms with Gasteiger partial charge in [-0.2, -0.15) is 0 Å². The minimum absolute atomic E-state index is 0.191. The molecule has 1 aromatic rings. The van der Waals surface area contributed by atoms with Crippen LogP contribution >= 0.6 is 0 Å². The molecule has 0 saturated heterocycles. The Hall–Kier alpha value is -0.676. The predicted molar refractivity (Wildman–Crippen MR) is 80.1 cm³/mol. The molecule has 17 heavy (non-hydrogen) atoms. The maximum Gasteiger partial charge on any atom is 0.159 e. The highest BCUT2D eigenvalue weighted by molar-refractivity contribution is 7.15. The largest absolute Gasteiger partial charge is 0.295 e. The molecule has 0 spiro atoms. The molecule has 1 nitrogen and oxygen atoms in total. The molecule has 1 aliphatic rings. The first-order valence-electron chi connectivity index (χ1n) is 6.35. The van der Waals surface area contributed by atoms with Gasteiger partial charge in [0.15, 0.2) is 5.78 Å². The SMILES string of the molecule is CC(=O)c1ccc2c(c1)[Si](C)(C)C(C)[Si]2(C)C. The number of ketones is 1. The molecular formula is C14H22OSi2. The number of carbonyl (C=O) groups excluding carboxylic acids is 1. The zero-order valence-corrected chi connectivity index (χ0v) is 13.7. The van der Waals surface area contributed by atoms with E-state index in [-0.39, 0.29) is 5.78 Å². The topological polar surface area (TPSA) is 17.1 Å². The minimum Gasteiger partial charge on any atom is -0.295 e. The summed E-state index contributed by atoms with van der Waals surface area (Å²) in [5, 5.41) is 4.01.